The maximum absolute atomic E-state index is 10.8. The van der Waals surface area contributed by atoms with Gasteiger partial charge in [0.1, 0.15) is 0 Å². The molecule has 82 valence electrons. The van der Waals surface area contributed by atoms with Crippen LogP contribution in [0.1, 0.15) is 19.3 Å². The minimum absolute atomic E-state index is 0. The summed E-state index contributed by atoms with van der Waals surface area (Å²) < 4.78 is 0. The Labute approximate surface area is 91.6 Å². The molecule has 0 bridgehead atoms. The molecule has 0 aromatic heterocycles. The van der Waals surface area contributed by atoms with Gasteiger partial charge in [-0.05, 0) is 19.4 Å². The number of carbonyl (C=O) groups excluding carboxylic acids is 1. The van der Waals surface area contributed by atoms with Gasteiger partial charge in [-0.1, -0.05) is 6.42 Å². The summed E-state index contributed by atoms with van der Waals surface area (Å²) in [7, 11) is 1.59. The number of carbonyl (C=O) groups is 1. The van der Waals surface area contributed by atoms with Crippen LogP contribution in [-0.4, -0.2) is 25.5 Å². The van der Waals surface area contributed by atoms with Crippen LogP contribution in [0.4, 0.5) is 0 Å². The molecule has 4 nitrogen and oxygen atoms in total. The maximum Gasteiger partial charge on any atom is 0.236 e. The molecule has 5 N–H and O–H groups in total. The molecule has 0 spiro atoms. The Kier molecular flexibility index (Phi) is 17.2. The Hall–Kier alpha value is -0.0300. The van der Waals surface area contributed by atoms with E-state index in [4.69, 9.17) is 11.5 Å². The monoisotopic (exact) mass is 231 g/mol. The molecule has 0 aromatic carbocycles. The third-order valence-electron chi connectivity index (χ3n) is 1.55. The molecular formula is C7H19Cl2N3O. The predicted molar refractivity (Wildman–Crippen MR) is 59.4 cm³/mol. The van der Waals surface area contributed by atoms with Gasteiger partial charge in [0, 0.05) is 7.05 Å². The van der Waals surface area contributed by atoms with E-state index in [9.17, 15) is 4.79 Å². The van der Waals surface area contributed by atoms with E-state index in [-0.39, 0.29) is 36.8 Å². The molecule has 1 atom stereocenters. The van der Waals surface area contributed by atoms with E-state index in [0.717, 1.165) is 19.3 Å². The number of halogens is 2. The Morgan fingerprint density at radius 1 is 1.38 bits per heavy atom. The molecule has 0 saturated carbocycles. The number of likely N-dealkylation sites (N-methyl/N-ethyl adjacent to an activating group) is 1. The second-order valence-electron chi connectivity index (χ2n) is 2.51. The first-order valence-corrected chi connectivity index (χ1v) is 3.89. The van der Waals surface area contributed by atoms with Crippen LogP contribution in [0.15, 0.2) is 0 Å². The Morgan fingerprint density at radius 2 is 1.92 bits per heavy atom. The number of rotatable bonds is 5. The molecule has 0 aliphatic rings. The van der Waals surface area contributed by atoms with Crippen molar-refractivity contribution in [2.24, 2.45) is 11.5 Å². The first kappa shape index (κ1) is 18.7. The highest BCUT2D eigenvalue weighted by atomic mass is 35.5. The van der Waals surface area contributed by atoms with E-state index in [1.807, 2.05) is 0 Å². The van der Waals surface area contributed by atoms with Gasteiger partial charge in [-0.3, -0.25) is 4.79 Å². The first-order chi connectivity index (χ1) is 5.22. The lowest BCUT2D eigenvalue weighted by molar-refractivity contribution is -0.122. The summed E-state index contributed by atoms with van der Waals surface area (Å²) in [6.07, 6.45) is 2.58. The second-order valence-corrected chi connectivity index (χ2v) is 2.51. The zero-order valence-electron chi connectivity index (χ0n) is 7.79. The summed E-state index contributed by atoms with van der Waals surface area (Å²) in [5.41, 5.74) is 10.8. The fourth-order valence-corrected chi connectivity index (χ4v) is 0.825. The summed E-state index contributed by atoms with van der Waals surface area (Å²) in [6, 6.07) is -0.369. The van der Waals surface area contributed by atoms with Gasteiger partial charge in [0.05, 0.1) is 6.04 Å². The smallest absolute Gasteiger partial charge is 0.236 e. The van der Waals surface area contributed by atoms with E-state index in [1.54, 1.807) is 7.05 Å². The third-order valence-corrected chi connectivity index (χ3v) is 1.55. The zero-order valence-corrected chi connectivity index (χ0v) is 9.42. The number of nitrogens with two attached hydrogens (primary N) is 2. The van der Waals surface area contributed by atoms with Gasteiger partial charge in [0.25, 0.3) is 0 Å². The van der Waals surface area contributed by atoms with Crippen molar-refractivity contribution < 1.29 is 4.79 Å². The molecule has 0 unspecified atom stereocenters. The summed E-state index contributed by atoms with van der Waals surface area (Å²) >= 11 is 0. The highest BCUT2D eigenvalue weighted by Gasteiger charge is 2.09. The SMILES string of the molecule is CNC(=O)[C@@H](N)CCCCN.Cl.Cl. The van der Waals surface area contributed by atoms with E-state index < -0.39 is 0 Å². The van der Waals surface area contributed by atoms with Crippen molar-refractivity contribution in [1.82, 2.24) is 5.32 Å². The van der Waals surface area contributed by atoms with E-state index in [0.29, 0.717) is 6.54 Å². The van der Waals surface area contributed by atoms with Crippen LogP contribution in [0.2, 0.25) is 0 Å². The fraction of sp³-hybridized carbons (Fsp3) is 0.857. The van der Waals surface area contributed by atoms with E-state index in [2.05, 4.69) is 5.32 Å². The van der Waals surface area contributed by atoms with Crippen molar-refractivity contribution in [3.8, 4) is 0 Å². The van der Waals surface area contributed by atoms with Crippen molar-refractivity contribution in [2.75, 3.05) is 13.6 Å². The van der Waals surface area contributed by atoms with Crippen molar-refractivity contribution in [2.45, 2.75) is 25.3 Å². The largest absolute Gasteiger partial charge is 0.358 e. The minimum atomic E-state index is -0.369. The standard InChI is InChI=1S/C7H17N3O.2ClH/c1-10-7(11)6(9)4-2-3-5-8;;/h6H,2-5,8-9H2,1H3,(H,10,11);2*1H/t6-;;/m0../s1. The minimum Gasteiger partial charge on any atom is -0.358 e. The molecule has 0 fully saturated rings. The topological polar surface area (TPSA) is 81.1 Å². The molecule has 0 radical (unpaired) electrons. The first-order valence-electron chi connectivity index (χ1n) is 3.89. The summed E-state index contributed by atoms with van der Waals surface area (Å²) in [5.74, 6) is -0.0954. The number of hydrogen-bond donors (Lipinski definition) is 3. The normalized spacial score (nSPS) is 10.7. The molecule has 0 aliphatic heterocycles. The average molecular weight is 232 g/mol. The second kappa shape index (κ2) is 12.0. The molecule has 0 heterocycles. The van der Waals surface area contributed by atoms with Gasteiger partial charge in [0.2, 0.25) is 5.91 Å². The van der Waals surface area contributed by atoms with Gasteiger partial charge in [-0.25, -0.2) is 0 Å². The van der Waals surface area contributed by atoms with Crippen LogP contribution >= 0.6 is 24.8 Å². The van der Waals surface area contributed by atoms with Crippen LogP contribution in [0.25, 0.3) is 0 Å². The van der Waals surface area contributed by atoms with Gasteiger partial charge >= 0.3 is 0 Å². The molecule has 0 aromatic rings. The van der Waals surface area contributed by atoms with E-state index >= 15 is 0 Å². The van der Waals surface area contributed by atoms with E-state index in [1.165, 1.54) is 0 Å². The van der Waals surface area contributed by atoms with Gasteiger partial charge < -0.3 is 16.8 Å². The van der Waals surface area contributed by atoms with Crippen LogP contribution in [0, 0.1) is 0 Å². The van der Waals surface area contributed by atoms with Crippen LogP contribution in [0.3, 0.4) is 0 Å². The number of amides is 1. The number of unbranched alkanes of at least 4 members (excludes halogenated alkanes) is 1. The lowest BCUT2D eigenvalue weighted by Crippen LogP contribution is -2.38. The third kappa shape index (κ3) is 9.89. The Balaban J connectivity index is -0.000000500. The molecule has 6 heteroatoms. The quantitative estimate of drug-likeness (QED) is 0.585. The van der Waals surface area contributed by atoms with Crippen LogP contribution in [-0.2, 0) is 4.79 Å². The maximum atomic E-state index is 10.8. The highest BCUT2D eigenvalue weighted by Crippen LogP contribution is 1.97. The van der Waals surface area contributed by atoms with Gasteiger partial charge in [-0.2, -0.15) is 0 Å². The molecule has 0 rings (SSSR count). The molecular weight excluding hydrogens is 213 g/mol. The Morgan fingerprint density at radius 3 is 2.31 bits per heavy atom. The fourth-order valence-electron chi connectivity index (χ4n) is 0.825. The average Bonchev–Trinajstić information content (AvgIpc) is 2.03. The highest BCUT2D eigenvalue weighted by molar-refractivity contribution is 5.85. The number of nitrogens with one attached hydrogen (secondary N) is 1. The van der Waals surface area contributed by atoms with Gasteiger partial charge in [0.15, 0.2) is 0 Å². The summed E-state index contributed by atoms with van der Waals surface area (Å²) in [6.45, 7) is 0.667. The van der Waals surface area contributed by atoms with Crippen molar-refractivity contribution in [1.29, 1.82) is 0 Å². The Bertz CT molecular complexity index is 124. The molecule has 13 heavy (non-hydrogen) atoms. The van der Waals surface area contributed by atoms with Crippen molar-refractivity contribution in [3.05, 3.63) is 0 Å². The predicted octanol–water partition coefficient (Wildman–Crippen LogP) is 0.0323. The van der Waals surface area contributed by atoms with Gasteiger partial charge in [-0.15, -0.1) is 24.8 Å². The van der Waals surface area contributed by atoms with Crippen LogP contribution in [0.5, 0.6) is 0 Å². The lowest BCUT2D eigenvalue weighted by Gasteiger charge is -2.08. The lowest BCUT2D eigenvalue weighted by atomic mass is 10.1. The van der Waals surface area contributed by atoms with Crippen LogP contribution < -0.4 is 16.8 Å². The molecule has 1 amide bonds. The summed E-state index contributed by atoms with van der Waals surface area (Å²) in [4.78, 5) is 10.8. The van der Waals surface area contributed by atoms with Crippen molar-refractivity contribution in [3.63, 3.8) is 0 Å². The number of hydrogen-bond acceptors (Lipinski definition) is 3. The molecule has 0 aliphatic carbocycles. The zero-order chi connectivity index (χ0) is 8.69. The molecule has 0 saturated heterocycles. The van der Waals surface area contributed by atoms with Crippen molar-refractivity contribution >= 4 is 30.7 Å². The summed E-state index contributed by atoms with van der Waals surface area (Å²) in [5, 5.41) is 2.50.